The molecule has 0 spiro atoms. The van der Waals surface area contributed by atoms with Crippen molar-refractivity contribution in [3.63, 3.8) is 0 Å². The molecule has 0 bridgehead atoms. The first-order valence-electron chi connectivity index (χ1n) is 4.07. The molecule has 0 unspecified atom stereocenters. The Labute approximate surface area is 77.0 Å². The van der Waals surface area contributed by atoms with Crippen molar-refractivity contribution in [2.75, 3.05) is 7.11 Å². The summed E-state index contributed by atoms with van der Waals surface area (Å²) in [5, 5.41) is 9.19. The molecule has 0 fully saturated rings. The van der Waals surface area contributed by atoms with Gasteiger partial charge in [-0.3, -0.25) is 0 Å². The first kappa shape index (κ1) is 9.58. The van der Waals surface area contributed by atoms with Gasteiger partial charge >= 0.3 is 0 Å². The molecule has 3 nitrogen and oxygen atoms in total. The van der Waals surface area contributed by atoms with Crippen molar-refractivity contribution < 1.29 is 14.6 Å². The molecule has 1 rings (SSSR count). The number of aldehydes is 1. The fourth-order valence-corrected chi connectivity index (χ4v) is 1.17. The summed E-state index contributed by atoms with van der Waals surface area (Å²) in [5.74, 6) is 0.904. The fraction of sp³-hybridized carbons (Fsp3) is 0.300. The van der Waals surface area contributed by atoms with E-state index in [1.807, 2.05) is 0 Å². The average Bonchev–Trinajstić information content (AvgIpc) is 2.15. The molecule has 0 aliphatic carbocycles. The molecule has 70 valence electrons. The number of rotatable bonds is 4. The van der Waals surface area contributed by atoms with Crippen LogP contribution in [0, 0.1) is 0 Å². The molecule has 3 heteroatoms. The third-order valence-electron chi connectivity index (χ3n) is 1.80. The Morgan fingerprint density at radius 1 is 1.54 bits per heavy atom. The van der Waals surface area contributed by atoms with E-state index < -0.39 is 0 Å². The summed E-state index contributed by atoms with van der Waals surface area (Å²) >= 11 is 0. The maximum atomic E-state index is 10.2. The van der Waals surface area contributed by atoms with Crippen molar-refractivity contribution in [3.05, 3.63) is 23.8 Å². The number of carbonyl (C=O) groups is 1. The normalized spacial score (nSPS) is 9.62. The van der Waals surface area contributed by atoms with E-state index in [-0.39, 0.29) is 5.75 Å². The van der Waals surface area contributed by atoms with Crippen molar-refractivity contribution in [3.8, 4) is 11.5 Å². The van der Waals surface area contributed by atoms with Gasteiger partial charge < -0.3 is 14.6 Å². The number of methoxy groups -OCH3 is 1. The van der Waals surface area contributed by atoms with E-state index in [1.54, 1.807) is 25.3 Å². The highest BCUT2D eigenvalue weighted by atomic mass is 16.5. The highest BCUT2D eigenvalue weighted by Gasteiger charge is 2.02. The summed E-state index contributed by atoms with van der Waals surface area (Å²) in [6, 6.07) is 4.86. The molecule has 1 aromatic carbocycles. The maximum absolute atomic E-state index is 10.2. The maximum Gasteiger partial charge on any atom is 0.122 e. The first-order chi connectivity index (χ1) is 6.27. The summed E-state index contributed by atoms with van der Waals surface area (Å²) in [7, 11) is 1.57. The van der Waals surface area contributed by atoms with Gasteiger partial charge in [-0.2, -0.15) is 0 Å². The lowest BCUT2D eigenvalue weighted by atomic mass is 10.1. The first-order valence-corrected chi connectivity index (χ1v) is 4.07. The average molecular weight is 180 g/mol. The van der Waals surface area contributed by atoms with Crippen molar-refractivity contribution in [2.45, 2.75) is 12.8 Å². The van der Waals surface area contributed by atoms with Gasteiger partial charge in [-0.25, -0.2) is 0 Å². The molecule has 0 radical (unpaired) electrons. The van der Waals surface area contributed by atoms with Gasteiger partial charge in [0.25, 0.3) is 0 Å². The number of phenolic OH excluding ortho intramolecular Hbond substituents is 1. The van der Waals surface area contributed by atoms with Gasteiger partial charge in [0.2, 0.25) is 0 Å². The Morgan fingerprint density at radius 3 is 2.92 bits per heavy atom. The SMILES string of the molecule is COc1ccc(O)cc1CCC=O. The second-order valence-corrected chi connectivity index (χ2v) is 2.70. The quantitative estimate of drug-likeness (QED) is 0.715. The molecule has 0 saturated heterocycles. The number of phenols is 1. The summed E-state index contributed by atoms with van der Waals surface area (Å²) in [4.78, 5) is 10.2. The van der Waals surface area contributed by atoms with Crippen LogP contribution in [0.15, 0.2) is 18.2 Å². The van der Waals surface area contributed by atoms with Crippen molar-refractivity contribution in [2.24, 2.45) is 0 Å². The monoisotopic (exact) mass is 180 g/mol. The Bertz CT molecular complexity index is 294. The van der Waals surface area contributed by atoms with Gasteiger partial charge in [-0.1, -0.05) is 0 Å². The Kier molecular flexibility index (Phi) is 3.31. The van der Waals surface area contributed by atoms with Gasteiger partial charge in [-0.15, -0.1) is 0 Å². The lowest BCUT2D eigenvalue weighted by Gasteiger charge is -2.06. The van der Waals surface area contributed by atoms with Crippen molar-refractivity contribution in [1.82, 2.24) is 0 Å². The fourth-order valence-electron chi connectivity index (χ4n) is 1.17. The molecule has 0 atom stereocenters. The van der Waals surface area contributed by atoms with Crippen LogP contribution in [0.25, 0.3) is 0 Å². The third-order valence-corrected chi connectivity index (χ3v) is 1.80. The van der Waals surface area contributed by atoms with Crippen LogP contribution in [-0.4, -0.2) is 18.5 Å². The van der Waals surface area contributed by atoms with Crippen LogP contribution >= 0.6 is 0 Å². The van der Waals surface area contributed by atoms with Crippen LogP contribution in [0.4, 0.5) is 0 Å². The van der Waals surface area contributed by atoms with Crippen LogP contribution in [0.2, 0.25) is 0 Å². The number of carbonyl (C=O) groups excluding carboxylic acids is 1. The van der Waals surface area contributed by atoms with Crippen LogP contribution in [0.1, 0.15) is 12.0 Å². The lowest BCUT2D eigenvalue weighted by Crippen LogP contribution is -1.92. The topological polar surface area (TPSA) is 46.5 Å². The van der Waals surface area contributed by atoms with Crippen LogP contribution < -0.4 is 4.74 Å². The summed E-state index contributed by atoms with van der Waals surface area (Å²) < 4.78 is 5.07. The van der Waals surface area contributed by atoms with Crippen molar-refractivity contribution >= 4 is 6.29 Å². The molecule has 0 amide bonds. The van der Waals surface area contributed by atoms with Crippen LogP contribution in [0.5, 0.6) is 11.5 Å². The van der Waals surface area contributed by atoms with E-state index in [0.29, 0.717) is 18.6 Å². The molecule has 0 aliphatic heterocycles. The minimum atomic E-state index is 0.196. The second-order valence-electron chi connectivity index (χ2n) is 2.70. The number of aryl methyl sites for hydroxylation is 1. The molecular weight excluding hydrogens is 168 g/mol. The van der Waals surface area contributed by atoms with Gasteiger partial charge in [0, 0.05) is 6.42 Å². The summed E-state index contributed by atoms with van der Waals surface area (Å²) in [6.45, 7) is 0. The number of hydrogen-bond donors (Lipinski definition) is 1. The van der Waals surface area contributed by atoms with Gasteiger partial charge in [0.1, 0.15) is 17.8 Å². The second kappa shape index (κ2) is 4.50. The Balaban J connectivity index is 2.87. The summed E-state index contributed by atoms with van der Waals surface area (Å²) in [6.07, 6.45) is 1.89. The lowest BCUT2D eigenvalue weighted by molar-refractivity contribution is -0.107. The van der Waals surface area contributed by atoms with Crippen LogP contribution in [-0.2, 0) is 11.2 Å². The number of hydrogen-bond acceptors (Lipinski definition) is 3. The molecule has 0 saturated carbocycles. The molecule has 0 heterocycles. The molecular formula is C10H12O3. The molecule has 0 aliphatic rings. The van der Waals surface area contributed by atoms with Gasteiger partial charge in [-0.05, 0) is 30.2 Å². The highest BCUT2D eigenvalue weighted by molar-refractivity contribution is 5.51. The van der Waals surface area contributed by atoms with E-state index in [4.69, 9.17) is 4.74 Å². The van der Waals surface area contributed by atoms with E-state index in [0.717, 1.165) is 11.8 Å². The molecule has 1 aromatic rings. The number of benzene rings is 1. The van der Waals surface area contributed by atoms with E-state index in [2.05, 4.69) is 0 Å². The highest BCUT2D eigenvalue weighted by Crippen LogP contribution is 2.23. The molecule has 1 N–H and O–H groups in total. The van der Waals surface area contributed by atoms with Gasteiger partial charge in [0.05, 0.1) is 7.11 Å². The Hall–Kier alpha value is -1.51. The zero-order valence-corrected chi connectivity index (χ0v) is 7.49. The molecule has 13 heavy (non-hydrogen) atoms. The zero-order valence-electron chi connectivity index (χ0n) is 7.49. The minimum absolute atomic E-state index is 0.196. The summed E-state index contributed by atoms with van der Waals surface area (Å²) in [5.41, 5.74) is 0.856. The van der Waals surface area contributed by atoms with E-state index >= 15 is 0 Å². The predicted octanol–water partition coefficient (Wildman–Crippen LogP) is 1.53. The predicted molar refractivity (Wildman–Crippen MR) is 49.0 cm³/mol. The van der Waals surface area contributed by atoms with Crippen LogP contribution in [0.3, 0.4) is 0 Å². The standard InChI is InChI=1S/C10H12O3/c1-13-10-5-4-9(12)7-8(10)3-2-6-11/h4-7,12H,2-3H2,1H3. The van der Waals surface area contributed by atoms with Crippen molar-refractivity contribution in [1.29, 1.82) is 0 Å². The van der Waals surface area contributed by atoms with E-state index in [9.17, 15) is 9.90 Å². The Morgan fingerprint density at radius 2 is 2.31 bits per heavy atom. The zero-order chi connectivity index (χ0) is 9.68. The number of ether oxygens (including phenoxy) is 1. The molecule has 0 aromatic heterocycles. The minimum Gasteiger partial charge on any atom is -0.508 e. The largest absolute Gasteiger partial charge is 0.508 e. The smallest absolute Gasteiger partial charge is 0.122 e. The van der Waals surface area contributed by atoms with E-state index in [1.165, 1.54) is 0 Å². The third kappa shape index (κ3) is 2.47. The van der Waals surface area contributed by atoms with Gasteiger partial charge in [0.15, 0.2) is 0 Å². The number of aromatic hydroxyl groups is 1.